The zero-order valence-electron chi connectivity index (χ0n) is 13.5. The van der Waals surface area contributed by atoms with Crippen molar-refractivity contribution in [3.05, 3.63) is 24.3 Å². The maximum absolute atomic E-state index is 10.1. The summed E-state index contributed by atoms with van der Waals surface area (Å²) in [5.41, 5.74) is 0. The van der Waals surface area contributed by atoms with E-state index in [4.69, 9.17) is 9.47 Å². The fourth-order valence-corrected chi connectivity index (χ4v) is 2.94. The average Bonchev–Trinajstić information content (AvgIpc) is 2.54. The van der Waals surface area contributed by atoms with Crippen molar-refractivity contribution in [1.82, 2.24) is 4.90 Å². The molecule has 1 fully saturated rings. The van der Waals surface area contributed by atoms with Gasteiger partial charge in [-0.15, -0.1) is 12.4 Å². The molecule has 0 radical (unpaired) electrons. The van der Waals surface area contributed by atoms with E-state index in [1.54, 1.807) is 7.11 Å². The molecule has 5 heteroatoms. The summed E-state index contributed by atoms with van der Waals surface area (Å²) >= 11 is 0. The lowest BCUT2D eigenvalue weighted by Gasteiger charge is -2.32. The van der Waals surface area contributed by atoms with Gasteiger partial charge in [0.05, 0.1) is 7.11 Å². The number of halogens is 1. The molecule has 4 nitrogen and oxygen atoms in total. The third-order valence-corrected chi connectivity index (χ3v) is 4.18. The number of rotatable bonds is 7. The second-order valence-electron chi connectivity index (χ2n) is 5.88. The van der Waals surface area contributed by atoms with E-state index >= 15 is 0 Å². The normalized spacial score (nSPS) is 16.9. The highest BCUT2D eigenvalue weighted by molar-refractivity contribution is 5.85. The lowest BCUT2D eigenvalue weighted by Crippen LogP contribution is -2.40. The van der Waals surface area contributed by atoms with Gasteiger partial charge in [0.25, 0.3) is 0 Å². The van der Waals surface area contributed by atoms with E-state index < -0.39 is 6.10 Å². The number of aliphatic hydroxyl groups excluding tert-OH is 1. The first kappa shape index (κ1) is 19.1. The highest BCUT2D eigenvalue weighted by Crippen LogP contribution is 2.22. The first-order chi connectivity index (χ1) is 10.2. The first-order valence-corrected chi connectivity index (χ1v) is 7.84. The number of benzene rings is 1. The van der Waals surface area contributed by atoms with Gasteiger partial charge in [-0.2, -0.15) is 0 Å². The van der Waals surface area contributed by atoms with Crippen LogP contribution in [-0.4, -0.2) is 49.5 Å². The van der Waals surface area contributed by atoms with Crippen LogP contribution in [0.5, 0.6) is 11.5 Å². The topological polar surface area (TPSA) is 41.9 Å². The van der Waals surface area contributed by atoms with Crippen LogP contribution < -0.4 is 9.47 Å². The van der Waals surface area contributed by atoms with E-state index in [1.165, 1.54) is 32.1 Å². The second-order valence-corrected chi connectivity index (χ2v) is 5.88. The molecule has 126 valence electrons. The van der Waals surface area contributed by atoms with Crippen molar-refractivity contribution >= 4 is 12.4 Å². The molecule has 1 aliphatic carbocycles. The number of hydrogen-bond donors (Lipinski definition) is 1. The van der Waals surface area contributed by atoms with Gasteiger partial charge < -0.3 is 19.5 Å². The molecule has 0 saturated heterocycles. The van der Waals surface area contributed by atoms with Crippen LogP contribution in [-0.2, 0) is 0 Å². The molecular formula is C17H28ClNO3. The highest BCUT2D eigenvalue weighted by Gasteiger charge is 2.20. The quantitative estimate of drug-likeness (QED) is 0.834. The Kier molecular flexibility index (Phi) is 8.61. The Labute approximate surface area is 139 Å². The van der Waals surface area contributed by atoms with Crippen LogP contribution >= 0.6 is 12.4 Å². The van der Waals surface area contributed by atoms with Crippen LogP contribution in [0.2, 0.25) is 0 Å². The van der Waals surface area contributed by atoms with Crippen LogP contribution in [0.3, 0.4) is 0 Å². The van der Waals surface area contributed by atoms with Gasteiger partial charge in [-0.1, -0.05) is 25.3 Å². The molecule has 0 aromatic heterocycles. The summed E-state index contributed by atoms with van der Waals surface area (Å²) < 4.78 is 10.8. The minimum absolute atomic E-state index is 0. The largest absolute Gasteiger partial charge is 0.497 e. The summed E-state index contributed by atoms with van der Waals surface area (Å²) in [6, 6.07) is 8.08. The molecule has 0 heterocycles. The molecule has 2 rings (SSSR count). The van der Waals surface area contributed by atoms with E-state index in [0.717, 1.165) is 11.5 Å². The zero-order chi connectivity index (χ0) is 15.1. The van der Waals surface area contributed by atoms with Crippen LogP contribution in [0.1, 0.15) is 32.1 Å². The van der Waals surface area contributed by atoms with Crippen molar-refractivity contribution in [3.8, 4) is 11.5 Å². The predicted octanol–water partition coefficient (Wildman–Crippen LogP) is 3.12. The molecule has 1 aromatic carbocycles. The van der Waals surface area contributed by atoms with Crippen molar-refractivity contribution in [2.75, 3.05) is 27.3 Å². The number of hydrogen-bond acceptors (Lipinski definition) is 4. The van der Waals surface area contributed by atoms with E-state index in [1.807, 2.05) is 24.3 Å². The van der Waals surface area contributed by atoms with Gasteiger partial charge in [0, 0.05) is 18.7 Å². The molecule has 1 saturated carbocycles. The molecule has 22 heavy (non-hydrogen) atoms. The van der Waals surface area contributed by atoms with Crippen molar-refractivity contribution in [1.29, 1.82) is 0 Å². The standard InChI is InChI=1S/C17H27NO3.ClH/c1-18(14-7-4-3-5-8-14)12-15(19)13-21-17-10-6-9-16(11-17)20-2;/h6,9-11,14-15,19H,3-5,7-8,12-13H2,1-2H3;1H. The second kappa shape index (κ2) is 9.93. The van der Waals surface area contributed by atoms with Gasteiger partial charge in [0.15, 0.2) is 0 Å². The summed E-state index contributed by atoms with van der Waals surface area (Å²) in [5, 5.41) is 10.1. The van der Waals surface area contributed by atoms with E-state index in [0.29, 0.717) is 19.2 Å². The van der Waals surface area contributed by atoms with Crippen molar-refractivity contribution < 1.29 is 14.6 Å². The Bertz CT molecular complexity index is 424. The number of nitrogens with zero attached hydrogens (tertiary/aromatic N) is 1. The third kappa shape index (κ3) is 6.03. The molecule has 1 N–H and O–H groups in total. The first-order valence-electron chi connectivity index (χ1n) is 7.84. The maximum atomic E-state index is 10.1. The minimum Gasteiger partial charge on any atom is -0.497 e. The molecule has 0 spiro atoms. The van der Waals surface area contributed by atoms with Crippen LogP contribution in [0.4, 0.5) is 0 Å². The van der Waals surface area contributed by atoms with Gasteiger partial charge in [-0.3, -0.25) is 0 Å². The van der Waals surface area contributed by atoms with Gasteiger partial charge in [0.1, 0.15) is 24.2 Å². The monoisotopic (exact) mass is 329 g/mol. The molecule has 0 aliphatic heterocycles. The fourth-order valence-electron chi connectivity index (χ4n) is 2.94. The molecule has 1 aliphatic rings. The van der Waals surface area contributed by atoms with E-state index in [9.17, 15) is 5.11 Å². The Morgan fingerprint density at radius 2 is 1.91 bits per heavy atom. The van der Waals surface area contributed by atoms with Crippen molar-refractivity contribution in [3.63, 3.8) is 0 Å². The highest BCUT2D eigenvalue weighted by atomic mass is 35.5. The van der Waals surface area contributed by atoms with Gasteiger partial charge in [-0.05, 0) is 32.0 Å². The maximum Gasteiger partial charge on any atom is 0.123 e. The van der Waals surface area contributed by atoms with E-state index in [-0.39, 0.29) is 12.4 Å². The molecule has 1 aromatic rings. The lowest BCUT2D eigenvalue weighted by molar-refractivity contribution is 0.0561. The zero-order valence-corrected chi connectivity index (χ0v) is 14.3. The van der Waals surface area contributed by atoms with E-state index in [2.05, 4.69) is 11.9 Å². The average molecular weight is 330 g/mol. The fraction of sp³-hybridized carbons (Fsp3) is 0.647. The summed E-state index contributed by atoms with van der Waals surface area (Å²) in [7, 11) is 3.73. The predicted molar refractivity (Wildman–Crippen MR) is 91.2 cm³/mol. The molecular weight excluding hydrogens is 302 g/mol. The summed E-state index contributed by atoms with van der Waals surface area (Å²) in [6.45, 7) is 0.971. The summed E-state index contributed by atoms with van der Waals surface area (Å²) in [5.74, 6) is 1.50. The number of likely N-dealkylation sites (N-methyl/N-ethyl adjacent to an activating group) is 1. The smallest absolute Gasteiger partial charge is 0.123 e. The van der Waals surface area contributed by atoms with Crippen LogP contribution in [0, 0.1) is 0 Å². The minimum atomic E-state index is -0.469. The third-order valence-electron chi connectivity index (χ3n) is 4.18. The molecule has 0 amide bonds. The molecule has 1 unspecified atom stereocenters. The number of ether oxygens (including phenoxy) is 2. The molecule has 1 atom stereocenters. The summed E-state index contributed by atoms with van der Waals surface area (Å²) in [4.78, 5) is 2.28. The SMILES string of the molecule is COc1cccc(OCC(O)CN(C)C2CCCCC2)c1.Cl. The van der Waals surface area contributed by atoms with Gasteiger partial charge in [0.2, 0.25) is 0 Å². The van der Waals surface area contributed by atoms with Gasteiger partial charge in [-0.25, -0.2) is 0 Å². The Balaban J connectivity index is 0.00000242. The summed E-state index contributed by atoms with van der Waals surface area (Å²) in [6.07, 6.45) is 6.01. The Morgan fingerprint density at radius 1 is 1.23 bits per heavy atom. The number of methoxy groups -OCH3 is 1. The Morgan fingerprint density at radius 3 is 2.59 bits per heavy atom. The Hall–Kier alpha value is -0.970. The van der Waals surface area contributed by atoms with Crippen molar-refractivity contribution in [2.24, 2.45) is 0 Å². The van der Waals surface area contributed by atoms with Gasteiger partial charge >= 0.3 is 0 Å². The lowest BCUT2D eigenvalue weighted by atomic mass is 9.94. The number of aliphatic hydroxyl groups is 1. The van der Waals surface area contributed by atoms with Crippen LogP contribution in [0.25, 0.3) is 0 Å². The van der Waals surface area contributed by atoms with Crippen LogP contribution in [0.15, 0.2) is 24.3 Å². The van der Waals surface area contributed by atoms with Crippen molar-refractivity contribution in [2.45, 2.75) is 44.2 Å². The molecule has 0 bridgehead atoms.